The first-order chi connectivity index (χ1) is 18.7. The molecule has 8 nitrogen and oxygen atoms in total. The van der Waals surface area contributed by atoms with Gasteiger partial charge in [-0.05, 0) is 31.4 Å². The molecule has 0 aliphatic carbocycles. The fourth-order valence-corrected chi connectivity index (χ4v) is 5.05. The van der Waals surface area contributed by atoms with Gasteiger partial charge in [0.25, 0.3) is 0 Å². The van der Waals surface area contributed by atoms with Crippen molar-refractivity contribution in [1.29, 1.82) is 0 Å². The molecule has 10 heteroatoms. The van der Waals surface area contributed by atoms with Gasteiger partial charge in [-0.25, -0.2) is 14.4 Å². The maximum atomic E-state index is 14.8. The third kappa shape index (κ3) is 6.26. The van der Waals surface area contributed by atoms with Gasteiger partial charge in [0.1, 0.15) is 24.6 Å². The van der Waals surface area contributed by atoms with Crippen LogP contribution in [0, 0.1) is 5.95 Å². The SMILES string of the molecule is CCN(CC)c1cncn1CC(=O)N1C[C@H](F)C[C@H]1C(=O)N[C@@H](c1ccccc1)c1ccc(C(C)C)c(F)n1. The number of anilines is 1. The smallest absolute Gasteiger partial charge is 0.243 e. The second-order valence-electron chi connectivity index (χ2n) is 10.1. The third-order valence-corrected chi connectivity index (χ3v) is 7.19. The highest BCUT2D eigenvalue weighted by atomic mass is 19.1. The Morgan fingerprint density at radius 1 is 1.13 bits per heavy atom. The Balaban J connectivity index is 1.57. The van der Waals surface area contributed by atoms with Crippen LogP contribution in [0.25, 0.3) is 0 Å². The van der Waals surface area contributed by atoms with Crippen LogP contribution in [-0.4, -0.2) is 63.1 Å². The standard InChI is InChI=1S/C29H36F2N6O2/c1-5-35(6-2)25-15-32-18-36(25)17-26(38)37-16-21(30)14-24(37)29(39)34-27(20-10-8-7-9-11-20)23-13-12-22(19(3)4)28(31)33-23/h7-13,15,18-19,21,24,27H,5-6,14,16-17H2,1-4H3,(H,34,39)/t21-,24+,27+/m1/s1. The largest absolute Gasteiger partial charge is 0.357 e. The van der Waals surface area contributed by atoms with E-state index in [0.717, 1.165) is 18.9 Å². The molecule has 3 aromatic rings. The van der Waals surface area contributed by atoms with Crippen molar-refractivity contribution < 1.29 is 18.4 Å². The van der Waals surface area contributed by atoms with Gasteiger partial charge in [-0.3, -0.25) is 9.59 Å². The maximum absolute atomic E-state index is 14.8. The maximum Gasteiger partial charge on any atom is 0.243 e. The number of hydrogen-bond donors (Lipinski definition) is 1. The lowest BCUT2D eigenvalue weighted by molar-refractivity contribution is -0.139. The van der Waals surface area contributed by atoms with Crippen LogP contribution >= 0.6 is 0 Å². The Morgan fingerprint density at radius 2 is 1.85 bits per heavy atom. The summed E-state index contributed by atoms with van der Waals surface area (Å²) in [5, 5.41) is 2.92. The predicted molar refractivity (Wildman–Crippen MR) is 146 cm³/mol. The Bertz CT molecular complexity index is 1280. The Hall–Kier alpha value is -3.82. The summed E-state index contributed by atoms with van der Waals surface area (Å²) in [6.45, 7) is 9.03. The summed E-state index contributed by atoms with van der Waals surface area (Å²) in [6, 6.07) is 10.7. The molecule has 2 amide bonds. The van der Waals surface area contributed by atoms with Crippen molar-refractivity contribution >= 4 is 17.6 Å². The van der Waals surface area contributed by atoms with E-state index in [1.807, 2.05) is 58.0 Å². The highest BCUT2D eigenvalue weighted by Crippen LogP contribution is 2.27. The lowest BCUT2D eigenvalue weighted by atomic mass is 9.99. The van der Waals surface area contributed by atoms with Crippen molar-refractivity contribution in [2.24, 2.45) is 0 Å². The van der Waals surface area contributed by atoms with Crippen molar-refractivity contribution in [2.75, 3.05) is 24.5 Å². The molecule has 0 bridgehead atoms. The molecule has 3 atom stereocenters. The molecule has 0 saturated carbocycles. The minimum absolute atomic E-state index is 0.0476. The zero-order valence-electron chi connectivity index (χ0n) is 22.8. The van der Waals surface area contributed by atoms with Crippen molar-refractivity contribution in [2.45, 2.75) is 64.8 Å². The van der Waals surface area contributed by atoms with E-state index in [0.29, 0.717) is 16.8 Å². The molecule has 0 unspecified atom stereocenters. The number of nitrogens with zero attached hydrogens (tertiary/aromatic N) is 5. The molecule has 0 radical (unpaired) electrons. The summed E-state index contributed by atoms with van der Waals surface area (Å²) in [7, 11) is 0. The van der Waals surface area contributed by atoms with Crippen molar-refractivity contribution in [3.8, 4) is 0 Å². The number of rotatable bonds is 10. The van der Waals surface area contributed by atoms with E-state index >= 15 is 0 Å². The third-order valence-electron chi connectivity index (χ3n) is 7.19. The number of nitrogens with one attached hydrogen (secondary N) is 1. The summed E-state index contributed by atoms with van der Waals surface area (Å²) in [6.07, 6.45) is 1.81. The monoisotopic (exact) mass is 538 g/mol. The number of carbonyl (C=O) groups is 2. The normalized spacial score (nSPS) is 17.9. The number of aromatic nitrogens is 3. The first-order valence-corrected chi connectivity index (χ1v) is 13.4. The number of pyridine rings is 1. The van der Waals surface area contributed by atoms with Gasteiger partial charge in [-0.15, -0.1) is 0 Å². The van der Waals surface area contributed by atoms with E-state index in [2.05, 4.69) is 20.2 Å². The van der Waals surface area contributed by atoms with E-state index < -0.39 is 30.1 Å². The molecule has 1 aliphatic rings. The van der Waals surface area contributed by atoms with Crippen LogP contribution in [0.5, 0.6) is 0 Å². The zero-order valence-corrected chi connectivity index (χ0v) is 22.8. The van der Waals surface area contributed by atoms with Crippen LogP contribution in [0.3, 0.4) is 0 Å². The summed E-state index contributed by atoms with van der Waals surface area (Å²) in [5.74, 6) is -0.741. The molecule has 1 fully saturated rings. The summed E-state index contributed by atoms with van der Waals surface area (Å²) < 4.78 is 31.2. The molecule has 3 heterocycles. The van der Waals surface area contributed by atoms with Crippen LogP contribution in [0.2, 0.25) is 0 Å². The molecular formula is C29H36F2N6O2. The molecule has 1 N–H and O–H groups in total. The van der Waals surface area contributed by atoms with Gasteiger partial charge in [0.05, 0.1) is 30.8 Å². The minimum atomic E-state index is -1.33. The quantitative estimate of drug-likeness (QED) is 0.391. The van der Waals surface area contributed by atoms with Gasteiger partial charge in [-0.2, -0.15) is 4.39 Å². The fourth-order valence-electron chi connectivity index (χ4n) is 5.05. The molecule has 1 aliphatic heterocycles. The molecular weight excluding hydrogens is 502 g/mol. The van der Waals surface area contributed by atoms with E-state index in [1.165, 1.54) is 4.90 Å². The minimum Gasteiger partial charge on any atom is -0.357 e. The molecule has 1 saturated heterocycles. The predicted octanol–water partition coefficient (Wildman–Crippen LogP) is 4.23. The van der Waals surface area contributed by atoms with Crippen molar-refractivity contribution in [3.05, 3.63) is 77.8 Å². The molecule has 39 heavy (non-hydrogen) atoms. The van der Waals surface area contributed by atoms with Crippen LogP contribution in [0.1, 0.15) is 62.9 Å². The first kappa shape index (κ1) is 28.2. The van der Waals surface area contributed by atoms with Gasteiger partial charge in [0.15, 0.2) is 0 Å². The Kier molecular flexibility index (Phi) is 8.93. The topological polar surface area (TPSA) is 83.4 Å². The summed E-state index contributed by atoms with van der Waals surface area (Å²) in [5.41, 5.74) is 1.50. The van der Waals surface area contributed by atoms with Crippen LogP contribution in [0.15, 0.2) is 55.0 Å². The molecule has 208 valence electrons. The summed E-state index contributed by atoms with van der Waals surface area (Å²) >= 11 is 0. The van der Waals surface area contributed by atoms with E-state index in [4.69, 9.17) is 0 Å². The number of carbonyl (C=O) groups excluding carboxylic acids is 2. The van der Waals surface area contributed by atoms with E-state index in [9.17, 15) is 18.4 Å². The van der Waals surface area contributed by atoms with Crippen molar-refractivity contribution in [1.82, 2.24) is 24.8 Å². The van der Waals surface area contributed by atoms with Crippen molar-refractivity contribution in [3.63, 3.8) is 0 Å². The second kappa shape index (κ2) is 12.4. The van der Waals surface area contributed by atoms with E-state index in [-0.39, 0.29) is 31.3 Å². The highest BCUT2D eigenvalue weighted by molar-refractivity contribution is 5.89. The molecule has 0 spiro atoms. The summed E-state index contributed by atoms with van der Waals surface area (Å²) in [4.78, 5) is 38.6. The van der Waals surface area contributed by atoms with Gasteiger partial charge >= 0.3 is 0 Å². The number of imidazole rings is 1. The number of likely N-dealkylation sites (tertiary alicyclic amines) is 1. The number of hydrogen-bond acceptors (Lipinski definition) is 5. The van der Waals surface area contributed by atoms with Gasteiger partial charge in [0.2, 0.25) is 17.8 Å². The Morgan fingerprint density at radius 3 is 2.49 bits per heavy atom. The van der Waals surface area contributed by atoms with Crippen LogP contribution in [-0.2, 0) is 16.1 Å². The number of halogens is 2. The first-order valence-electron chi connectivity index (χ1n) is 13.4. The fraction of sp³-hybridized carbons (Fsp3) is 0.448. The molecule has 4 rings (SSSR count). The number of amides is 2. The van der Waals surface area contributed by atoms with Gasteiger partial charge in [0, 0.05) is 25.1 Å². The lowest BCUT2D eigenvalue weighted by Gasteiger charge is -2.28. The van der Waals surface area contributed by atoms with Gasteiger partial charge < -0.3 is 19.7 Å². The van der Waals surface area contributed by atoms with Gasteiger partial charge in [-0.1, -0.05) is 50.2 Å². The van der Waals surface area contributed by atoms with E-state index in [1.54, 1.807) is 29.2 Å². The van der Waals surface area contributed by atoms with Crippen LogP contribution < -0.4 is 10.2 Å². The van der Waals surface area contributed by atoms with Crippen LogP contribution in [0.4, 0.5) is 14.6 Å². The number of alkyl halides is 1. The highest BCUT2D eigenvalue weighted by Gasteiger charge is 2.40. The molecule has 2 aromatic heterocycles. The lowest BCUT2D eigenvalue weighted by Crippen LogP contribution is -2.48. The average Bonchev–Trinajstić information content (AvgIpc) is 3.54. The molecule has 1 aromatic carbocycles. The zero-order chi connectivity index (χ0) is 28.1. The average molecular weight is 539 g/mol. The number of benzene rings is 1. The Labute approximate surface area is 228 Å². The second-order valence-corrected chi connectivity index (χ2v) is 10.1.